The van der Waals surface area contributed by atoms with Gasteiger partial charge < -0.3 is 10.6 Å². The number of likely N-dealkylation sites (N-methyl/N-ethyl adjacent to an activating group) is 1. The molecule has 1 saturated heterocycles. The fourth-order valence-electron chi connectivity index (χ4n) is 3.13. The van der Waals surface area contributed by atoms with Gasteiger partial charge in [0.15, 0.2) is 0 Å². The monoisotopic (exact) mass is 276 g/mol. The van der Waals surface area contributed by atoms with Crippen molar-refractivity contribution in [2.45, 2.75) is 44.8 Å². The SMILES string of the molecule is CC(C)N1CCC(CN)(N(C)Cc2cccnc2)CC1. The number of aromatic nitrogens is 1. The lowest BCUT2D eigenvalue weighted by molar-refractivity contribution is 0.0297. The van der Waals surface area contributed by atoms with E-state index in [0.29, 0.717) is 6.04 Å². The van der Waals surface area contributed by atoms with Gasteiger partial charge in [0.25, 0.3) is 0 Å². The first-order chi connectivity index (χ1) is 9.57. The molecule has 0 spiro atoms. The molecule has 1 aliphatic rings. The Hall–Kier alpha value is -0.970. The van der Waals surface area contributed by atoms with Gasteiger partial charge in [-0.2, -0.15) is 0 Å². The summed E-state index contributed by atoms with van der Waals surface area (Å²) in [6, 6.07) is 4.77. The number of piperidine rings is 1. The molecular weight excluding hydrogens is 248 g/mol. The molecule has 20 heavy (non-hydrogen) atoms. The van der Waals surface area contributed by atoms with Gasteiger partial charge in [0.05, 0.1) is 0 Å². The van der Waals surface area contributed by atoms with Crippen LogP contribution in [0.2, 0.25) is 0 Å². The number of hydrogen-bond acceptors (Lipinski definition) is 4. The molecule has 4 nitrogen and oxygen atoms in total. The van der Waals surface area contributed by atoms with E-state index in [0.717, 1.165) is 39.0 Å². The molecule has 1 aliphatic heterocycles. The highest BCUT2D eigenvalue weighted by molar-refractivity contribution is 5.09. The van der Waals surface area contributed by atoms with Crippen LogP contribution in [0.15, 0.2) is 24.5 Å². The molecule has 2 heterocycles. The van der Waals surface area contributed by atoms with E-state index >= 15 is 0 Å². The molecule has 0 saturated carbocycles. The van der Waals surface area contributed by atoms with Crippen molar-refractivity contribution in [1.82, 2.24) is 14.8 Å². The summed E-state index contributed by atoms with van der Waals surface area (Å²) in [5.74, 6) is 0. The Kier molecular flexibility index (Phi) is 5.13. The average Bonchev–Trinajstić information content (AvgIpc) is 2.48. The van der Waals surface area contributed by atoms with Gasteiger partial charge in [-0.15, -0.1) is 0 Å². The summed E-state index contributed by atoms with van der Waals surface area (Å²) >= 11 is 0. The molecule has 0 bridgehead atoms. The first-order valence-electron chi connectivity index (χ1n) is 7.62. The van der Waals surface area contributed by atoms with E-state index in [-0.39, 0.29) is 5.54 Å². The molecule has 0 atom stereocenters. The summed E-state index contributed by atoms with van der Waals surface area (Å²) in [6.45, 7) is 8.49. The lowest BCUT2D eigenvalue weighted by Crippen LogP contribution is -2.58. The number of pyridine rings is 1. The normalized spacial score (nSPS) is 19.7. The van der Waals surface area contributed by atoms with Gasteiger partial charge in [-0.1, -0.05) is 6.07 Å². The zero-order valence-electron chi connectivity index (χ0n) is 13.0. The van der Waals surface area contributed by atoms with Crippen LogP contribution in [0.3, 0.4) is 0 Å². The van der Waals surface area contributed by atoms with Gasteiger partial charge in [0, 0.05) is 50.2 Å². The van der Waals surface area contributed by atoms with Crippen molar-refractivity contribution in [3.8, 4) is 0 Å². The van der Waals surface area contributed by atoms with Crippen molar-refractivity contribution < 1.29 is 0 Å². The number of likely N-dealkylation sites (tertiary alicyclic amines) is 1. The number of nitrogens with zero attached hydrogens (tertiary/aromatic N) is 3. The molecular formula is C16H28N4. The molecule has 0 unspecified atom stereocenters. The Balaban J connectivity index is 2.01. The molecule has 0 amide bonds. The Morgan fingerprint density at radius 1 is 1.40 bits per heavy atom. The molecule has 0 aromatic carbocycles. The summed E-state index contributed by atoms with van der Waals surface area (Å²) in [5, 5.41) is 0. The van der Waals surface area contributed by atoms with Gasteiger partial charge in [-0.3, -0.25) is 9.88 Å². The van der Waals surface area contributed by atoms with Crippen LogP contribution in [-0.4, -0.2) is 53.0 Å². The zero-order valence-corrected chi connectivity index (χ0v) is 13.0. The van der Waals surface area contributed by atoms with E-state index in [1.54, 1.807) is 0 Å². The quantitative estimate of drug-likeness (QED) is 0.889. The molecule has 4 heteroatoms. The predicted octanol–water partition coefficient (Wildman–Crippen LogP) is 1.72. The van der Waals surface area contributed by atoms with Crippen molar-refractivity contribution in [2.24, 2.45) is 5.73 Å². The van der Waals surface area contributed by atoms with E-state index in [1.165, 1.54) is 5.56 Å². The summed E-state index contributed by atoms with van der Waals surface area (Å²) in [5.41, 5.74) is 7.54. The summed E-state index contributed by atoms with van der Waals surface area (Å²) < 4.78 is 0. The maximum Gasteiger partial charge on any atom is 0.0356 e. The van der Waals surface area contributed by atoms with Crippen LogP contribution in [0, 0.1) is 0 Å². The van der Waals surface area contributed by atoms with Crippen molar-refractivity contribution in [1.29, 1.82) is 0 Å². The van der Waals surface area contributed by atoms with Crippen LogP contribution in [-0.2, 0) is 6.54 Å². The minimum atomic E-state index is 0.140. The van der Waals surface area contributed by atoms with Crippen LogP contribution in [0.25, 0.3) is 0 Å². The second kappa shape index (κ2) is 6.66. The third-order valence-electron chi connectivity index (χ3n) is 4.79. The highest BCUT2D eigenvalue weighted by Gasteiger charge is 2.37. The van der Waals surface area contributed by atoms with Gasteiger partial charge >= 0.3 is 0 Å². The summed E-state index contributed by atoms with van der Waals surface area (Å²) in [4.78, 5) is 9.18. The number of nitrogens with two attached hydrogens (primary N) is 1. The fraction of sp³-hybridized carbons (Fsp3) is 0.688. The third-order valence-corrected chi connectivity index (χ3v) is 4.79. The Morgan fingerprint density at radius 2 is 2.10 bits per heavy atom. The lowest BCUT2D eigenvalue weighted by atomic mass is 9.85. The van der Waals surface area contributed by atoms with Crippen molar-refractivity contribution in [3.63, 3.8) is 0 Å². The van der Waals surface area contributed by atoms with E-state index in [1.807, 2.05) is 18.5 Å². The number of rotatable bonds is 5. The van der Waals surface area contributed by atoms with Crippen LogP contribution in [0.4, 0.5) is 0 Å². The zero-order chi connectivity index (χ0) is 14.6. The first-order valence-corrected chi connectivity index (χ1v) is 7.62. The van der Waals surface area contributed by atoms with Crippen molar-refractivity contribution >= 4 is 0 Å². The number of hydrogen-bond donors (Lipinski definition) is 1. The standard InChI is InChI=1S/C16H28N4/c1-14(2)20-9-6-16(13-17,7-10-20)19(3)12-15-5-4-8-18-11-15/h4-5,8,11,14H,6-7,9-10,12-13,17H2,1-3H3. The molecule has 1 aromatic rings. The maximum atomic E-state index is 6.14. The fourth-order valence-corrected chi connectivity index (χ4v) is 3.13. The first kappa shape index (κ1) is 15.4. The molecule has 1 fully saturated rings. The third kappa shape index (κ3) is 3.37. The van der Waals surface area contributed by atoms with Gasteiger partial charge in [-0.05, 0) is 45.4 Å². The smallest absolute Gasteiger partial charge is 0.0356 e. The van der Waals surface area contributed by atoms with Gasteiger partial charge in [0.2, 0.25) is 0 Å². The van der Waals surface area contributed by atoms with E-state index in [4.69, 9.17) is 5.73 Å². The summed E-state index contributed by atoms with van der Waals surface area (Å²) in [7, 11) is 2.20. The second-order valence-corrected chi connectivity index (χ2v) is 6.28. The highest BCUT2D eigenvalue weighted by Crippen LogP contribution is 2.29. The van der Waals surface area contributed by atoms with Crippen molar-refractivity contribution in [2.75, 3.05) is 26.7 Å². The van der Waals surface area contributed by atoms with Crippen LogP contribution < -0.4 is 5.73 Å². The molecule has 112 valence electrons. The van der Waals surface area contributed by atoms with E-state index in [2.05, 4.69) is 41.7 Å². The predicted molar refractivity (Wildman–Crippen MR) is 83.4 cm³/mol. The Morgan fingerprint density at radius 3 is 2.60 bits per heavy atom. The molecule has 0 aliphatic carbocycles. The minimum Gasteiger partial charge on any atom is -0.329 e. The molecule has 0 radical (unpaired) electrons. The summed E-state index contributed by atoms with van der Waals surface area (Å²) in [6.07, 6.45) is 6.07. The minimum absolute atomic E-state index is 0.140. The van der Waals surface area contributed by atoms with Crippen LogP contribution >= 0.6 is 0 Å². The van der Waals surface area contributed by atoms with Gasteiger partial charge in [0.1, 0.15) is 0 Å². The van der Waals surface area contributed by atoms with Crippen LogP contribution in [0.1, 0.15) is 32.3 Å². The average molecular weight is 276 g/mol. The lowest BCUT2D eigenvalue weighted by Gasteiger charge is -2.48. The van der Waals surface area contributed by atoms with Crippen molar-refractivity contribution in [3.05, 3.63) is 30.1 Å². The molecule has 2 N–H and O–H groups in total. The molecule has 1 aromatic heterocycles. The Bertz CT molecular complexity index is 396. The van der Waals surface area contributed by atoms with Crippen LogP contribution in [0.5, 0.6) is 0 Å². The maximum absolute atomic E-state index is 6.14. The second-order valence-electron chi connectivity index (χ2n) is 6.28. The largest absolute Gasteiger partial charge is 0.329 e. The molecule has 2 rings (SSSR count). The van der Waals surface area contributed by atoms with E-state index in [9.17, 15) is 0 Å². The van der Waals surface area contributed by atoms with Gasteiger partial charge in [-0.25, -0.2) is 0 Å². The highest BCUT2D eigenvalue weighted by atomic mass is 15.2. The van der Waals surface area contributed by atoms with E-state index < -0.39 is 0 Å². The Labute approximate surface area is 123 Å². The topological polar surface area (TPSA) is 45.4 Å².